The fourth-order valence-corrected chi connectivity index (χ4v) is 1.48. The quantitative estimate of drug-likeness (QED) is 0.706. The van der Waals surface area contributed by atoms with Crippen LogP contribution in [0.2, 0.25) is 0 Å². The predicted octanol–water partition coefficient (Wildman–Crippen LogP) is 0.193. The van der Waals surface area contributed by atoms with E-state index >= 15 is 0 Å². The van der Waals surface area contributed by atoms with Gasteiger partial charge in [-0.3, -0.25) is 4.79 Å². The molecule has 5 nitrogen and oxygen atoms in total. The predicted molar refractivity (Wildman–Crippen MR) is 56.2 cm³/mol. The molecule has 1 unspecified atom stereocenters. The van der Waals surface area contributed by atoms with Gasteiger partial charge in [0.15, 0.2) is 0 Å². The van der Waals surface area contributed by atoms with E-state index < -0.39 is 0 Å². The van der Waals surface area contributed by atoms with E-state index in [1.165, 1.54) is 7.11 Å². The lowest BCUT2D eigenvalue weighted by atomic mass is 10.0. The van der Waals surface area contributed by atoms with Crippen molar-refractivity contribution in [1.29, 1.82) is 0 Å². The highest BCUT2D eigenvalue weighted by atomic mass is 16.5. The van der Waals surface area contributed by atoms with Crippen molar-refractivity contribution in [3.05, 3.63) is 18.2 Å². The molecule has 0 bridgehead atoms. The summed E-state index contributed by atoms with van der Waals surface area (Å²) < 4.78 is 6.67. The summed E-state index contributed by atoms with van der Waals surface area (Å²) in [6.45, 7) is 3.16. The maximum atomic E-state index is 11.3. The van der Waals surface area contributed by atoms with Crippen molar-refractivity contribution in [2.75, 3.05) is 13.7 Å². The van der Waals surface area contributed by atoms with Crippen LogP contribution in [-0.2, 0) is 22.5 Å². The van der Waals surface area contributed by atoms with Crippen LogP contribution >= 0.6 is 0 Å². The van der Waals surface area contributed by atoms with Gasteiger partial charge in [-0.05, 0) is 6.92 Å². The van der Waals surface area contributed by atoms with Crippen LogP contribution in [-0.4, -0.2) is 29.2 Å². The molecule has 1 atom stereocenters. The van der Waals surface area contributed by atoms with Gasteiger partial charge in [-0.2, -0.15) is 0 Å². The first-order valence-corrected chi connectivity index (χ1v) is 4.99. The molecule has 1 rings (SSSR count). The van der Waals surface area contributed by atoms with Crippen LogP contribution in [0.4, 0.5) is 0 Å². The van der Waals surface area contributed by atoms with Gasteiger partial charge in [-0.1, -0.05) is 0 Å². The minimum absolute atomic E-state index is 0.263. The van der Waals surface area contributed by atoms with E-state index in [2.05, 4.69) is 9.72 Å². The summed E-state index contributed by atoms with van der Waals surface area (Å²) in [6, 6.07) is 0. The zero-order chi connectivity index (χ0) is 11.3. The molecule has 1 aromatic rings. The minimum atomic E-state index is -0.281. The third-order valence-corrected chi connectivity index (χ3v) is 2.41. The van der Waals surface area contributed by atoms with Gasteiger partial charge in [0.05, 0.1) is 19.4 Å². The summed E-state index contributed by atoms with van der Waals surface area (Å²) in [5, 5.41) is 0. The maximum Gasteiger partial charge on any atom is 0.310 e. The number of hydrogen-bond donors (Lipinski definition) is 1. The van der Waals surface area contributed by atoms with E-state index in [1.807, 2.05) is 11.5 Å². The molecule has 0 aliphatic carbocycles. The first-order valence-electron chi connectivity index (χ1n) is 4.99. The largest absolute Gasteiger partial charge is 0.469 e. The Morgan fingerprint density at radius 3 is 3.00 bits per heavy atom. The van der Waals surface area contributed by atoms with Crippen LogP contribution < -0.4 is 5.73 Å². The number of imidazole rings is 1. The molecule has 0 saturated heterocycles. The molecule has 1 aromatic heterocycles. The van der Waals surface area contributed by atoms with E-state index in [9.17, 15) is 4.79 Å². The van der Waals surface area contributed by atoms with E-state index in [1.54, 1.807) is 12.5 Å². The lowest BCUT2D eigenvalue weighted by molar-refractivity contribution is -0.145. The van der Waals surface area contributed by atoms with E-state index in [0.29, 0.717) is 13.0 Å². The second-order valence-corrected chi connectivity index (χ2v) is 3.33. The summed E-state index contributed by atoms with van der Waals surface area (Å²) in [6.07, 6.45) is 4.09. The Balaban J connectivity index is 2.70. The number of esters is 1. The third-order valence-electron chi connectivity index (χ3n) is 2.41. The number of hydrogen-bond acceptors (Lipinski definition) is 4. The average Bonchev–Trinajstić information content (AvgIpc) is 2.71. The number of aryl methyl sites for hydroxylation is 1. The number of nitrogens with two attached hydrogens (primary N) is 1. The molecule has 84 valence electrons. The fraction of sp³-hybridized carbons (Fsp3) is 0.600. The number of carbonyl (C=O) groups is 1. The molecule has 0 aliphatic rings. The summed E-state index contributed by atoms with van der Waals surface area (Å²) in [5.74, 6) is -0.543. The zero-order valence-electron chi connectivity index (χ0n) is 9.14. The number of rotatable bonds is 5. The molecule has 15 heavy (non-hydrogen) atoms. The molecule has 1 heterocycles. The number of ether oxygens (including phenoxy) is 1. The fourth-order valence-electron chi connectivity index (χ4n) is 1.48. The number of aromatic nitrogens is 2. The molecular weight excluding hydrogens is 194 g/mol. The number of nitrogens with zero attached hydrogens (tertiary/aromatic N) is 2. The lowest BCUT2D eigenvalue weighted by Crippen LogP contribution is -2.27. The lowest BCUT2D eigenvalue weighted by Gasteiger charge is -2.12. The van der Waals surface area contributed by atoms with Gasteiger partial charge >= 0.3 is 5.97 Å². The Morgan fingerprint density at radius 2 is 2.47 bits per heavy atom. The van der Waals surface area contributed by atoms with Crippen molar-refractivity contribution < 1.29 is 9.53 Å². The standard InChI is InChI=1S/C10H17N3O2/c1-3-13-7-12-6-9(13)4-8(5-11)10(14)15-2/h6-8H,3-5,11H2,1-2H3. The Hall–Kier alpha value is -1.36. The van der Waals surface area contributed by atoms with Crippen molar-refractivity contribution >= 4 is 5.97 Å². The second kappa shape index (κ2) is 5.50. The van der Waals surface area contributed by atoms with E-state index in [-0.39, 0.29) is 11.9 Å². The summed E-state index contributed by atoms with van der Waals surface area (Å²) >= 11 is 0. The van der Waals surface area contributed by atoms with Crippen LogP contribution in [0, 0.1) is 5.92 Å². The van der Waals surface area contributed by atoms with Crippen molar-refractivity contribution in [3.63, 3.8) is 0 Å². The smallest absolute Gasteiger partial charge is 0.310 e. The van der Waals surface area contributed by atoms with Gasteiger partial charge < -0.3 is 15.0 Å². The molecule has 2 N–H and O–H groups in total. The summed E-state index contributed by atoms with van der Waals surface area (Å²) in [5.41, 5.74) is 6.54. The minimum Gasteiger partial charge on any atom is -0.469 e. The Kier molecular flexibility index (Phi) is 4.30. The summed E-state index contributed by atoms with van der Waals surface area (Å²) in [7, 11) is 1.38. The Labute approximate surface area is 89.2 Å². The maximum absolute atomic E-state index is 11.3. The van der Waals surface area contributed by atoms with Crippen LogP contribution in [0.1, 0.15) is 12.6 Å². The highest BCUT2D eigenvalue weighted by molar-refractivity contribution is 5.72. The van der Waals surface area contributed by atoms with E-state index in [4.69, 9.17) is 5.73 Å². The first kappa shape index (κ1) is 11.7. The Bertz CT molecular complexity index is 322. The normalized spacial score (nSPS) is 12.5. The van der Waals surface area contributed by atoms with Gasteiger partial charge in [0.1, 0.15) is 0 Å². The molecular formula is C10H17N3O2. The number of methoxy groups -OCH3 is 1. The highest BCUT2D eigenvalue weighted by Crippen LogP contribution is 2.09. The van der Waals surface area contributed by atoms with Crippen molar-refractivity contribution in [2.45, 2.75) is 19.9 Å². The van der Waals surface area contributed by atoms with Gasteiger partial charge in [0.2, 0.25) is 0 Å². The SMILES string of the molecule is CCn1cncc1CC(CN)C(=O)OC. The monoisotopic (exact) mass is 211 g/mol. The highest BCUT2D eigenvalue weighted by Gasteiger charge is 2.19. The topological polar surface area (TPSA) is 70.1 Å². The van der Waals surface area contributed by atoms with Gasteiger partial charge in [0.25, 0.3) is 0 Å². The number of carbonyl (C=O) groups excluding carboxylic acids is 1. The van der Waals surface area contributed by atoms with Crippen LogP contribution in [0.3, 0.4) is 0 Å². The molecule has 0 spiro atoms. The zero-order valence-corrected chi connectivity index (χ0v) is 9.14. The van der Waals surface area contributed by atoms with Gasteiger partial charge in [-0.15, -0.1) is 0 Å². The molecule has 0 fully saturated rings. The second-order valence-electron chi connectivity index (χ2n) is 3.33. The van der Waals surface area contributed by atoms with Gasteiger partial charge in [-0.25, -0.2) is 4.98 Å². The van der Waals surface area contributed by atoms with Crippen LogP contribution in [0.25, 0.3) is 0 Å². The molecule has 0 aromatic carbocycles. The van der Waals surface area contributed by atoms with Crippen molar-refractivity contribution in [2.24, 2.45) is 11.7 Å². The van der Waals surface area contributed by atoms with Crippen LogP contribution in [0.5, 0.6) is 0 Å². The third kappa shape index (κ3) is 2.79. The van der Waals surface area contributed by atoms with Crippen molar-refractivity contribution in [3.8, 4) is 0 Å². The first-order chi connectivity index (χ1) is 7.22. The molecule has 0 radical (unpaired) electrons. The summed E-state index contributed by atoms with van der Waals surface area (Å²) in [4.78, 5) is 15.4. The molecule has 0 aliphatic heterocycles. The van der Waals surface area contributed by atoms with E-state index in [0.717, 1.165) is 12.2 Å². The molecule has 0 amide bonds. The van der Waals surface area contributed by atoms with Crippen molar-refractivity contribution in [1.82, 2.24) is 9.55 Å². The van der Waals surface area contributed by atoms with Crippen LogP contribution in [0.15, 0.2) is 12.5 Å². The average molecular weight is 211 g/mol. The molecule has 0 saturated carbocycles. The Morgan fingerprint density at radius 1 is 1.73 bits per heavy atom. The van der Waals surface area contributed by atoms with Gasteiger partial charge in [0, 0.05) is 31.4 Å². The molecule has 5 heteroatoms.